The van der Waals surface area contributed by atoms with E-state index < -0.39 is 16.4 Å². The van der Waals surface area contributed by atoms with Crippen LogP contribution in [0.15, 0.2) is 53.8 Å². The first-order valence-electron chi connectivity index (χ1n) is 6.86. The fourth-order valence-electron chi connectivity index (χ4n) is 2.21. The summed E-state index contributed by atoms with van der Waals surface area (Å²) in [6.07, 6.45) is 2.93. The summed E-state index contributed by atoms with van der Waals surface area (Å²) in [6, 6.07) is 11.8. The Morgan fingerprint density at radius 2 is 2.08 bits per heavy atom. The van der Waals surface area contributed by atoms with Gasteiger partial charge in [0.25, 0.3) is 0 Å². The minimum absolute atomic E-state index is 0.132. The zero-order valence-electron chi connectivity index (χ0n) is 12.2. The van der Waals surface area contributed by atoms with Crippen molar-refractivity contribution in [3.05, 3.63) is 69.4 Å². The van der Waals surface area contributed by atoms with E-state index in [1.165, 1.54) is 12.3 Å². The van der Waals surface area contributed by atoms with E-state index in [1.54, 1.807) is 12.3 Å². The number of rotatable bonds is 4. The van der Waals surface area contributed by atoms with Crippen molar-refractivity contribution in [1.82, 2.24) is 4.98 Å². The Labute approximate surface area is 141 Å². The van der Waals surface area contributed by atoms with Gasteiger partial charge in [-0.25, -0.2) is 0 Å². The van der Waals surface area contributed by atoms with Crippen molar-refractivity contribution in [2.45, 2.75) is 0 Å². The third kappa shape index (κ3) is 3.11. The third-order valence-corrected chi connectivity index (χ3v) is 3.52. The topological polar surface area (TPSA) is 101 Å². The van der Waals surface area contributed by atoms with E-state index in [4.69, 9.17) is 11.6 Å². The van der Waals surface area contributed by atoms with E-state index in [-0.39, 0.29) is 10.6 Å². The van der Waals surface area contributed by atoms with Crippen LogP contribution in [0.3, 0.4) is 0 Å². The van der Waals surface area contributed by atoms with Crippen molar-refractivity contribution in [2.75, 3.05) is 5.43 Å². The monoisotopic (exact) mass is 342 g/mol. The molecule has 120 valence electrons. The number of pyridine rings is 1. The second kappa shape index (κ2) is 6.51. The van der Waals surface area contributed by atoms with E-state index in [0.717, 1.165) is 17.0 Å². The van der Waals surface area contributed by atoms with Crippen LogP contribution in [0.2, 0.25) is 5.02 Å². The molecule has 8 heteroatoms. The lowest BCUT2D eigenvalue weighted by atomic mass is 10.2. The highest BCUT2D eigenvalue weighted by Gasteiger charge is 2.17. The summed E-state index contributed by atoms with van der Waals surface area (Å²) in [6.45, 7) is 0. The van der Waals surface area contributed by atoms with Crippen LogP contribution >= 0.6 is 11.6 Å². The Bertz CT molecular complexity index is 954. The number of nitrogens with zero attached hydrogens (tertiary/aromatic N) is 3. The molecule has 1 heterocycles. The van der Waals surface area contributed by atoms with Crippen LogP contribution in [0.4, 0.5) is 11.4 Å². The number of hydrazone groups is 1. The van der Waals surface area contributed by atoms with Gasteiger partial charge in [0.2, 0.25) is 5.75 Å². The molecular weight excluding hydrogens is 332 g/mol. The van der Waals surface area contributed by atoms with Crippen molar-refractivity contribution in [1.29, 1.82) is 0 Å². The van der Waals surface area contributed by atoms with Crippen LogP contribution in [-0.2, 0) is 0 Å². The zero-order chi connectivity index (χ0) is 17.1. The first-order chi connectivity index (χ1) is 11.6. The second-order valence-electron chi connectivity index (χ2n) is 4.87. The van der Waals surface area contributed by atoms with E-state index in [2.05, 4.69) is 15.5 Å². The largest absolute Gasteiger partial charge is 0.502 e. The predicted molar refractivity (Wildman–Crippen MR) is 92.7 cm³/mol. The molecule has 24 heavy (non-hydrogen) atoms. The maximum Gasteiger partial charge on any atom is 0.312 e. The number of anilines is 1. The normalized spacial score (nSPS) is 11.0. The Morgan fingerprint density at radius 3 is 2.88 bits per heavy atom. The summed E-state index contributed by atoms with van der Waals surface area (Å²) in [5.41, 5.74) is 3.87. The van der Waals surface area contributed by atoms with Gasteiger partial charge in [-0.05, 0) is 18.2 Å². The van der Waals surface area contributed by atoms with E-state index in [9.17, 15) is 15.2 Å². The first-order valence-corrected chi connectivity index (χ1v) is 7.24. The predicted octanol–water partition coefficient (Wildman–Crippen LogP) is 3.95. The fourth-order valence-corrected chi connectivity index (χ4v) is 2.43. The lowest BCUT2D eigenvalue weighted by molar-refractivity contribution is -0.385. The molecular formula is C16H11ClN4O3. The maximum absolute atomic E-state index is 10.9. The highest BCUT2D eigenvalue weighted by atomic mass is 35.5. The van der Waals surface area contributed by atoms with Crippen LogP contribution in [-0.4, -0.2) is 21.2 Å². The number of nitro groups is 1. The number of aromatic nitrogens is 1. The summed E-state index contributed by atoms with van der Waals surface area (Å²) < 4.78 is 0. The van der Waals surface area contributed by atoms with Crippen molar-refractivity contribution in [3.63, 3.8) is 0 Å². The van der Waals surface area contributed by atoms with Crippen molar-refractivity contribution in [2.24, 2.45) is 5.10 Å². The van der Waals surface area contributed by atoms with Crippen molar-refractivity contribution in [3.8, 4) is 5.75 Å². The molecule has 0 fully saturated rings. The Balaban J connectivity index is 1.90. The molecule has 0 bridgehead atoms. The molecule has 3 aromatic rings. The third-order valence-electron chi connectivity index (χ3n) is 3.30. The number of aromatic hydroxyl groups is 1. The molecule has 0 saturated carbocycles. The summed E-state index contributed by atoms with van der Waals surface area (Å²) in [5, 5.41) is 25.9. The number of fused-ring (bicyclic) bond motifs is 1. The second-order valence-corrected chi connectivity index (χ2v) is 5.31. The molecule has 2 aromatic carbocycles. The van der Waals surface area contributed by atoms with Gasteiger partial charge in [-0.15, -0.1) is 0 Å². The van der Waals surface area contributed by atoms with Gasteiger partial charge >= 0.3 is 5.69 Å². The molecule has 0 atom stereocenters. The summed E-state index contributed by atoms with van der Waals surface area (Å²) in [5.74, 6) is -0.494. The van der Waals surface area contributed by atoms with E-state index >= 15 is 0 Å². The molecule has 0 saturated heterocycles. The molecule has 3 rings (SSSR count). The van der Waals surface area contributed by atoms with Gasteiger partial charge < -0.3 is 5.11 Å². The van der Waals surface area contributed by atoms with Gasteiger partial charge in [0, 0.05) is 28.2 Å². The van der Waals surface area contributed by atoms with Crippen molar-refractivity contribution >= 4 is 40.1 Å². The smallest absolute Gasteiger partial charge is 0.312 e. The Kier molecular flexibility index (Phi) is 4.26. The molecule has 0 aliphatic heterocycles. The average molecular weight is 343 g/mol. The van der Waals surface area contributed by atoms with Crippen LogP contribution in [0, 0.1) is 10.1 Å². The maximum atomic E-state index is 10.9. The fraction of sp³-hybridized carbons (Fsp3) is 0. The Hall–Kier alpha value is -3.19. The summed E-state index contributed by atoms with van der Waals surface area (Å²) in [4.78, 5) is 14.5. The van der Waals surface area contributed by atoms with Gasteiger partial charge in [0.05, 0.1) is 22.3 Å². The van der Waals surface area contributed by atoms with E-state index in [1.807, 2.05) is 24.3 Å². The first kappa shape index (κ1) is 15.7. The van der Waals surface area contributed by atoms with Gasteiger partial charge in [0.1, 0.15) is 0 Å². The molecule has 0 aliphatic rings. The molecule has 0 aliphatic carbocycles. The standard InChI is InChI=1S/C16H11ClN4O3/c17-12-7-11(16(22)14(8-12)21(23)24)9-19-20-13-5-1-3-10-4-2-6-18-15(10)13/h1-9,20,22H/b19-9-. The Morgan fingerprint density at radius 1 is 1.29 bits per heavy atom. The minimum Gasteiger partial charge on any atom is -0.502 e. The SMILES string of the molecule is O=[N+]([O-])c1cc(Cl)cc(/C=N\Nc2cccc3cccnc23)c1O. The number of phenolic OH excluding ortho intramolecular Hbond substituents is 1. The van der Waals surface area contributed by atoms with Gasteiger partial charge in [-0.3, -0.25) is 20.5 Å². The molecule has 0 spiro atoms. The van der Waals surface area contributed by atoms with Crippen LogP contribution in [0.1, 0.15) is 5.56 Å². The number of halogens is 1. The lowest BCUT2D eigenvalue weighted by Gasteiger charge is -2.05. The number of benzene rings is 2. The van der Waals surface area contributed by atoms with Crippen molar-refractivity contribution < 1.29 is 10.0 Å². The number of phenols is 1. The van der Waals surface area contributed by atoms with Crippen LogP contribution < -0.4 is 5.43 Å². The van der Waals surface area contributed by atoms with E-state index in [0.29, 0.717) is 5.69 Å². The summed E-state index contributed by atoms with van der Waals surface area (Å²) in [7, 11) is 0. The number of nitrogens with one attached hydrogen (secondary N) is 1. The average Bonchev–Trinajstić information content (AvgIpc) is 2.57. The van der Waals surface area contributed by atoms with Gasteiger partial charge in [-0.2, -0.15) is 5.10 Å². The van der Waals surface area contributed by atoms with Gasteiger partial charge in [-0.1, -0.05) is 29.8 Å². The molecule has 0 unspecified atom stereocenters. The lowest BCUT2D eigenvalue weighted by Crippen LogP contribution is -1.95. The van der Waals surface area contributed by atoms with Gasteiger partial charge in [0.15, 0.2) is 0 Å². The molecule has 7 nitrogen and oxygen atoms in total. The molecule has 0 amide bonds. The van der Waals surface area contributed by atoms with Crippen LogP contribution in [0.5, 0.6) is 5.75 Å². The zero-order valence-corrected chi connectivity index (χ0v) is 12.9. The minimum atomic E-state index is -0.708. The number of hydrogen-bond donors (Lipinski definition) is 2. The molecule has 2 N–H and O–H groups in total. The van der Waals surface area contributed by atoms with Crippen LogP contribution in [0.25, 0.3) is 10.9 Å². The number of para-hydroxylation sites is 1. The number of nitro benzene ring substituents is 1. The molecule has 0 radical (unpaired) electrons. The molecule has 1 aromatic heterocycles. The summed E-state index contributed by atoms with van der Waals surface area (Å²) >= 11 is 5.83. The number of hydrogen-bond acceptors (Lipinski definition) is 6. The highest BCUT2D eigenvalue weighted by molar-refractivity contribution is 6.31. The highest BCUT2D eigenvalue weighted by Crippen LogP contribution is 2.32. The quantitative estimate of drug-likeness (QED) is 0.424.